The van der Waals surface area contributed by atoms with Gasteiger partial charge in [0.15, 0.2) is 0 Å². The van der Waals surface area contributed by atoms with Gasteiger partial charge < -0.3 is 0 Å². The molecule has 0 saturated heterocycles. The summed E-state index contributed by atoms with van der Waals surface area (Å²) in [6.45, 7) is 2.33. The van der Waals surface area contributed by atoms with E-state index in [4.69, 9.17) is 0 Å². The monoisotopic (exact) mass is 293 g/mol. The highest BCUT2D eigenvalue weighted by atomic mass is 16.2. The van der Waals surface area contributed by atoms with E-state index in [0.717, 1.165) is 19.3 Å². The highest BCUT2D eigenvalue weighted by Crippen LogP contribution is 2.11. The molecule has 1 nitrogen and oxygen atoms in total. The normalized spacial score (nSPS) is 11.9. The van der Waals surface area contributed by atoms with Gasteiger partial charge in [-0.25, -0.2) is 5.11 Å². The van der Waals surface area contributed by atoms with Gasteiger partial charge in [-0.05, 0) is 32.1 Å². The zero-order valence-electron chi connectivity index (χ0n) is 14.3. The van der Waals surface area contributed by atoms with E-state index in [-0.39, 0.29) is 6.61 Å². The largest absolute Gasteiger partial charge is 0.237 e. The van der Waals surface area contributed by atoms with Gasteiger partial charge in [-0.1, -0.05) is 89.0 Å². The van der Waals surface area contributed by atoms with Crippen LogP contribution in [0.4, 0.5) is 0 Å². The van der Waals surface area contributed by atoms with E-state index in [0.29, 0.717) is 0 Å². The highest BCUT2D eigenvalue weighted by Gasteiger charge is 1.92. The second-order valence-corrected chi connectivity index (χ2v) is 6.00. The van der Waals surface area contributed by atoms with Crippen molar-refractivity contribution in [3.8, 4) is 0 Å². The van der Waals surface area contributed by atoms with Gasteiger partial charge in [0.1, 0.15) is 0 Å². The molecule has 123 valence electrons. The molecule has 0 fully saturated rings. The maximum absolute atomic E-state index is 10.3. The van der Waals surface area contributed by atoms with Crippen LogP contribution in [0.25, 0.3) is 0 Å². The molecule has 0 aliphatic carbocycles. The fraction of sp³-hybridized carbons (Fsp3) is 0.800. The number of rotatable bonds is 16. The van der Waals surface area contributed by atoms with Crippen LogP contribution in [0.2, 0.25) is 0 Å². The molecule has 0 unspecified atom stereocenters. The first-order valence-corrected chi connectivity index (χ1v) is 9.30. The Bertz CT molecular complexity index is 230. The van der Waals surface area contributed by atoms with Crippen LogP contribution in [0.5, 0.6) is 0 Å². The average Bonchev–Trinajstić information content (AvgIpc) is 2.50. The SMILES string of the molecule is CCCC=CCC=CCCCCCCCCCCCC[O]. The van der Waals surface area contributed by atoms with Gasteiger partial charge in [0.05, 0.1) is 6.61 Å². The van der Waals surface area contributed by atoms with Crippen LogP contribution in [0.3, 0.4) is 0 Å². The van der Waals surface area contributed by atoms with E-state index in [1.807, 2.05) is 0 Å². The molecule has 0 aliphatic heterocycles. The number of hydrogen-bond acceptors (Lipinski definition) is 0. The predicted molar refractivity (Wildman–Crippen MR) is 94.1 cm³/mol. The molecule has 0 aliphatic rings. The summed E-state index contributed by atoms with van der Waals surface area (Å²) in [4.78, 5) is 0. The smallest absolute Gasteiger partial charge is 0.0822 e. The fourth-order valence-electron chi connectivity index (χ4n) is 2.45. The molecule has 0 heterocycles. The van der Waals surface area contributed by atoms with Crippen LogP contribution < -0.4 is 0 Å². The third-order valence-electron chi connectivity index (χ3n) is 3.83. The van der Waals surface area contributed by atoms with Crippen molar-refractivity contribution in [1.82, 2.24) is 0 Å². The third-order valence-corrected chi connectivity index (χ3v) is 3.83. The van der Waals surface area contributed by atoms with E-state index in [9.17, 15) is 5.11 Å². The lowest BCUT2D eigenvalue weighted by Gasteiger charge is -2.01. The molecule has 0 aromatic rings. The fourth-order valence-corrected chi connectivity index (χ4v) is 2.45. The minimum atomic E-state index is 0.115. The number of allylic oxidation sites excluding steroid dienone is 4. The molecule has 0 aromatic carbocycles. The maximum atomic E-state index is 10.3. The Kier molecular flexibility index (Phi) is 18.9. The van der Waals surface area contributed by atoms with Gasteiger partial charge in [-0.15, -0.1) is 0 Å². The minimum absolute atomic E-state index is 0.115. The Balaban J connectivity index is 3.06. The van der Waals surface area contributed by atoms with Gasteiger partial charge >= 0.3 is 0 Å². The van der Waals surface area contributed by atoms with Crippen LogP contribution >= 0.6 is 0 Å². The first kappa shape index (κ1) is 20.4. The van der Waals surface area contributed by atoms with Crippen LogP contribution in [0.1, 0.15) is 96.8 Å². The van der Waals surface area contributed by atoms with Crippen LogP contribution in [-0.2, 0) is 5.11 Å². The molecule has 0 N–H and O–H groups in total. The van der Waals surface area contributed by atoms with E-state index >= 15 is 0 Å². The van der Waals surface area contributed by atoms with E-state index in [1.165, 1.54) is 70.6 Å². The summed E-state index contributed by atoms with van der Waals surface area (Å²) in [5, 5.41) is 10.3. The number of hydrogen-bond donors (Lipinski definition) is 0. The summed E-state index contributed by atoms with van der Waals surface area (Å²) in [5.74, 6) is 0. The minimum Gasteiger partial charge on any atom is -0.237 e. The lowest BCUT2D eigenvalue weighted by molar-refractivity contribution is 0.186. The Morgan fingerprint density at radius 1 is 0.571 bits per heavy atom. The second kappa shape index (κ2) is 19.4. The Morgan fingerprint density at radius 3 is 1.57 bits per heavy atom. The molecule has 1 heteroatoms. The molecule has 0 rings (SSSR count). The van der Waals surface area contributed by atoms with Gasteiger partial charge in [-0.3, -0.25) is 0 Å². The summed E-state index contributed by atoms with van der Waals surface area (Å²) in [6.07, 6.45) is 26.9. The maximum Gasteiger partial charge on any atom is 0.0822 e. The van der Waals surface area contributed by atoms with Crippen molar-refractivity contribution < 1.29 is 5.11 Å². The zero-order valence-corrected chi connectivity index (χ0v) is 14.3. The van der Waals surface area contributed by atoms with E-state index in [2.05, 4.69) is 31.2 Å². The molecular formula is C20H37O. The molecular weight excluding hydrogens is 256 g/mol. The van der Waals surface area contributed by atoms with Crippen LogP contribution in [0.15, 0.2) is 24.3 Å². The van der Waals surface area contributed by atoms with E-state index in [1.54, 1.807) is 0 Å². The van der Waals surface area contributed by atoms with Gasteiger partial charge in [0.25, 0.3) is 0 Å². The summed E-state index contributed by atoms with van der Waals surface area (Å²) in [5.41, 5.74) is 0. The summed E-state index contributed by atoms with van der Waals surface area (Å²) >= 11 is 0. The first-order valence-electron chi connectivity index (χ1n) is 9.30. The highest BCUT2D eigenvalue weighted by molar-refractivity contribution is 4.92. The van der Waals surface area contributed by atoms with Crippen molar-refractivity contribution in [2.75, 3.05) is 6.61 Å². The summed E-state index contributed by atoms with van der Waals surface area (Å²) < 4.78 is 0. The Labute approximate surface area is 133 Å². The first-order chi connectivity index (χ1) is 10.4. The summed E-state index contributed by atoms with van der Waals surface area (Å²) in [7, 11) is 0. The summed E-state index contributed by atoms with van der Waals surface area (Å²) in [6, 6.07) is 0. The lowest BCUT2D eigenvalue weighted by atomic mass is 10.1. The van der Waals surface area contributed by atoms with Crippen LogP contribution in [-0.4, -0.2) is 6.61 Å². The second-order valence-electron chi connectivity index (χ2n) is 6.00. The molecule has 0 atom stereocenters. The van der Waals surface area contributed by atoms with Crippen molar-refractivity contribution in [3.05, 3.63) is 24.3 Å². The van der Waals surface area contributed by atoms with Crippen molar-refractivity contribution in [2.24, 2.45) is 0 Å². The zero-order chi connectivity index (χ0) is 15.4. The molecule has 0 saturated carbocycles. The molecule has 21 heavy (non-hydrogen) atoms. The molecule has 0 aromatic heterocycles. The van der Waals surface area contributed by atoms with Crippen molar-refractivity contribution >= 4 is 0 Å². The topological polar surface area (TPSA) is 19.9 Å². The molecule has 0 bridgehead atoms. The average molecular weight is 294 g/mol. The Morgan fingerprint density at radius 2 is 1.05 bits per heavy atom. The Hall–Kier alpha value is -0.560. The molecule has 0 spiro atoms. The predicted octanol–water partition coefficient (Wildman–Crippen LogP) is 7.01. The van der Waals surface area contributed by atoms with E-state index < -0.39 is 0 Å². The quantitative estimate of drug-likeness (QED) is 0.215. The molecule has 1 radical (unpaired) electrons. The van der Waals surface area contributed by atoms with Gasteiger partial charge in [0, 0.05) is 0 Å². The van der Waals surface area contributed by atoms with Crippen LogP contribution in [0, 0.1) is 0 Å². The van der Waals surface area contributed by atoms with Gasteiger partial charge in [0.2, 0.25) is 0 Å². The lowest BCUT2D eigenvalue weighted by Crippen LogP contribution is -1.83. The van der Waals surface area contributed by atoms with Crippen molar-refractivity contribution in [1.29, 1.82) is 0 Å². The van der Waals surface area contributed by atoms with Gasteiger partial charge in [-0.2, -0.15) is 0 Å². The molecule has 0 amide bonds. The van der Waals surface area contributed by atoms with Crippen molar-refractivity contribution in [3.63, 3.8) is 0 Å². The number of unbranched alkanes of at least 4 members (excludes halogenated alkanes) is 11. The van der Waals surface area contributed by atoms with Crippen molar-refractivity contribution in [2.45, 2.75) is 96.8 Å². The standard InChI is InChI=1S/C20H37O/c1-2-3-4-5-6-7-8-9-10-11-12-13-14-15-16-17-18-19-20-21/h4-5,7-8H,2-3,6,9-20H2,1H3. The third kappa shape index (κ3) is 19.4.